The van der Waals surface area contributed by atoms with Crippen LogP contribution in [-0.4, -0.2) is 36.9 Å². The van der Waals surface area contributed by atoms with E-state index in [1.165, 1.54) is 11.1 Å². The Morgan fingerprint density at radius 3 is 2.75 bits per heavy atom. The van der Waals surface area contributed by atoms with Crippen molar-refractivity contribution in [2.75, 3.05) is 20.1 Å². The van der Waals surface area contributed by atoms with Gasteiger partial charge in [0.25, 0.3) is 0 Å². The molecule has 0 bridgehead atoms. The van der Waals surface area contributed by atoms with Gasteiger partial charge in [-0.3, -0.25) is 9.79 Å². The molecule has 1 unspecified atom stereocenters. The highest BCUT2D eigenvalue weighted by atomic mass is 16.3. The van der Waals surface area contributed by atoms with Crippen LogP contribution in [0.2, 0.25) is 0 Å². The third kappa shape index (κ3) is 5.15. The summed E-state index contributed by atoms with van der Waals surface area (Å²) in [6.45, 7) is 6.20. The van der Waals surface area contributed by atoms with Gasteiger partial charge < -0.3 is 20.0 Å². The summed E-state index contributed by atoms with van der Waals surface area (Å²) in [5, 5.41) is 6.59. The number of benzene rings is 1. The number of hydrogen-bond acceptors (Lipinski definition) is 3. The Kier molecular flexibility index (Phi) is 6.74. The maximum absolute atomic E-state index is 12.5. The SMILES string of the molecule is CN=C(NCCCC(=O)N1CCc2ccccc2C1)NC(C)c1ccc(C)o1. The first-order valence-electron chi connectivity index (χ1n) is 9.95. The van der Waals surface area contributed by atoms with Gasteiger partial charge in [-0.25, -0.2) is 0 Å². The van der Waals surface area contributed by atoms with Crippen LogP contribution >= 0.6 is 0 Å². The monoisotopic (exact) mass is 382 g/mol. The maximum atomic E-state index is 12.5. The van der Waals surface area contributed by atoms with Crippen LogP contribution in [0.15, 0.2) is 45.8 Å². The number of nitrogens with zero attached hydrogens (tertiary/aromatic N) is 2. The van der Waals surface area contributed by atoms with Gasteiger partial charge >= 0.3 is 0 Å². The molecule has 6 heteroatoms. The van der Waals surface area contributed by atoms with Crippen molar-refractivity contribution < 1.29 is 9.21 Å². The summed E-state index contributed by atoms with van der Waals surface area (Å²) in [6, 6.07) is 12.3. The Balaban J connectivity index is 1.39. The molecule has 1 aliphatic rings. The fraction of sp³-hybridized carbons (Fsp3) is 0.455. The minimum atomic E-state index is 0.0231. The first kappa shape index (κ1) is 20.0. The molecule has 0 aliphatic carbocycles. The van der Waals surface area contributed by atoms with Crippen LogP contribution < -0.4 is 10.6 Å². The summed E-state index contributed by atoms with van der Waals surface area (Å²) >= 11 is 0. The van der Waals surface area contributed by atoms with Gasteiger partial charge in [0.05, 0.1) is 6.04 Å². The van der Waals surface area contributed by atoms with Gasteiger partial charge in [0.15, 0.2) is 5.96 Å². The van der Waals surface area contributed by atoms with E-state index in [-0.39, 0.29) is 11.9 Å². The molecule has 0 fully saturated rings. The molecule has 1 aromatic heterocycles. The molecular formula is C22H30N4O2. The number of furan rings is 1. The number of carbonyl (C=O) groups is 1. The lowest BCUT2D eigenvalue weighted by Crippen LogP contribution is -2.40. The van der Waals surface area contributed by atoms with E-state index in [4.69, 9.17) is 4.42 Å². The predicted octanol–water partition coefficient (Wildman–Crippen LogP) is 3.18. The fourth-order valence-corrected chi connectivity index (χ4v) is 3.47. The topological polar surface area (TPSA) is 69.9 Å². The first-order chi connectivity index (χ1) is 13.6. The van der Waals surface area contributed by atoms with Crippen LogP contribution in [0, 0.1) is 6.92 Å². The number of rotatable bonds is 6. The van der Waals surface area contributed by atoms with Gasteiger partial charge in [0.1, 0.15) is 11.5 Å². The zero-order valence-electron chi connectivity index (χ0n) is 17.0. The Morgan fingerprint density at radius 2 is 2.04 bits per heavy atom. The van der Waals surface area contributed by atoms with Gasteiger partial charge in [-0.1, -0.05) is 24.3 Å². The van der Waals surface area contributed by atoms with E-state index >= 15 is 0 Å². The van der Waals surface area contributed by atoms with E-state index in [1.807, 2.05) is 36.9 Å². The molecule has 1 aromatic carbocycles. The molecule has 2 aromatic rings. The van der Waals surface area contributed by atoms with Gasteiger partial charge in [0, 0.05) is 33.1 Å². The van der Waals surface area contributed by atoms with Gasteiger partial charge in [-0.05, 0) is 49.9 Å². The second-order valence-electron chi connectivity index (χ2n) is 7.25. The van der Waals surface area contributed by atoms with Crippen LogP contribution in [0.5, 0.6) is 0 Å². The zero-order valence-corrected chi connectivity index (χ0v) is 17.0. The summed E-state index contributed by atoms with van der Waals surface area (Å²) in [5.74, 6) is 2.70. The molecule has 2 N–H and O–H groups in total. The summed E-state index contributed by atoms with van der Waals surface area (Å²) < 4.78 is 5.64. The Morgan fingerprint density at radius 1 is 1.25 bits per heavy atom. The second-order valence-corrected chi connectivity index (χ2v) is 7.25. The average molecular weight is 383 g/mol. The van der Waals surface area contributed by atoms with Gasteiger partial charge in [0.2, 0.25) is 5.91 Å². The van der Waals surface area contributed by atoms with Gasteiger partial charge in [-0.2, -0.15) is 0 Å². The molecule has 150 valence electrons. The van der Waals surface area contributed by atoms with E-state index < -0.39 is 0 Å². The van der Waals surface area contributed by atoms with Crippen molar-refractivity contribution in [3.63, 3.8) is 0 Å². The van der Waals surface area contributed by atoms with Crippen LogP contribution in [0.1, 0.15) is 48.5 Å². The zero-order chi connectivity index (χ0) is 19.9. The van der Waals surface area contributed by atoms with E-state index in [2.05, 4.69) is 33.8 Å². The normalized spacial score (nSPS) is 15.1. The number of hydrogen-bond donors (Lipinski definition) is 2. The highest BCUT2D eigenvalue weighted by Gasteiger charge is 2.19. The van der Waals surface area contributed by atoms with E-state index in [0.29, 0.717) is 18.9 Å². The molecule has 6 nitrogen and oxygen atoms in total. The lowest BCUT2D eigenvalue weighted by atomic mass is 9.99. The second kappa shape index (κ2) is 9.44. The first-order valence-corrected chi connectivity index (χ1v) is 9.95. The Hall–Kier alpha value is -2.76. The molecule has 0 saturated carbocycles. The fourth-order valence-electron chi connectivity index (χ4n) is 3.47. The number of guanidine groups is 1. The summed E-state index contributed by atoms with van der Waals surface area (Å²) in [6.07, 6.45) is 2.26. The molecular weight excluding hydrogens is 352 g/mol. The predicted molar refractivity (Wildman–Crippen MR) is 111 cm³/mol. The minimum Gasteiger partial charge on any atom is -0.464 e. The van der Waals surface area contributed by atoms with Crippen LogP contribution in [-0.2, 0) is 17.8 Å². The van der Waals surface area contributed by atoms with Crippen LogP contribution in [0.25, 0.3) is 0 Å². The largest absolute Gasteiger partial charge is 0.464 e. The quantitative estimate of drug-likeness (QED) is 0.457. The lowest BCUT2D eigenvalue weighted by Gasteiger charge is -2.29. The van der Waals surface area contributed by atoms with Crippen molar-refractivity contribution in [3.05, 3.63) is 59.0 Å². The summed E-state index contributed by atoms with van der Waals surface area (Å²) in [4.78, 5) is 18.7. The molecule has 0 saturated heterocycles. The number of carbonyl (C=O) groups excluding carboxylic acids is 1. The number of aryl methyl sites for hydroxylation is 1. The van der Waals surface area contributed by atoms with Gasteiger partial charge in [-0.15, -0.1) is 0 Å². The lowest BCUT2D eigenvalue weighted by molar-refractivity contribution is -0.132. The Bertz CT molecular complexity index is 827. The molecule has 1 aliphatic heterocycles. The molecule has 1 amide bonds. The molecule has 1 atom stereocenters. The standard InChI is InChI=1S/C22H30N4O2/c1-16-10-11-20(28-16)17(2)25-22(23-3)24-13-6-9-21(27)26-14-12-18-7-4-5-8-19(18)15-26/h4-5,7-8,10-11,17H,6,9,12-15H2,1-3H3,(H2,23,24,25). The van der Waals surface area contributed by atoms with Crippen molar-refractivity contribution in [2.24, 2.45) is 4.99 Å². The summed E-state index contributed by atoms with van der Waals surface area (Å²) in [5.41, 5.74) is 2.64. The molecule has 28 heavy (non-hydrogen) atoms. The Labute approximate surface area is 167 Å². The molecule has 3 rings (SSSR count). The number of amides is 1. The number of fused-ring (bicyclic) bond motifs is 1. The van der Waals surface area contributed by atoms with Crippen molar-refractivity contribution in [1.82, 2.24) is 15.5 Å². The molecule has 2 heterocycles. The van der Waals surface area contributed by atoms with Crippen LogP contribution in [0.4, 0.5) is 0 Å². The van der Waals surface area contributed by atoms with Crippen molar-refractivity contribution in [3.8, 4) is 0 Å². The van der Waals surface area contributed by atoms with E-state index in [9.17, 15) is 4.79 Å². The highest BCUT2D eigenvalue weighted by Crippen LogP contribution is 2.19. The van der Waals surface area contributed by atoms with E-state index in [0.717, 1.165) is 37.5 Å². The maximum Gasteiger partial charge on any atom is 0.222 e. The van der Waals surface area contributed by atoms with Crippen molar-refractivity contribution >= 4 is 11.9 Å². The third-order valence-electron chi connectivity index (χ3n) is 5.11. The molecule has 0 radical (unpaired) electrons. The smallest absolute Gasteiger partial charge is 0.222 e. The van der Waals surface area contributed by atoms with Crippen molar-refractivity contribution in [2.45, 2.75) is 45.7 Å². The van der Waals surface area contributed by atoms with E-state index in [1.54, 1.807) is 7.05 Å². The number of aliphatic imine (C=N–C) groups is 1. The van der Waals surface area contributed by atoms with Crippen molar-refractivity contribution in [1.29, 1.82) is 0 Å². The number of nitrogens with one attached hydrogen (secondary N) is 2. The minimum absolute atomic E-state index is 0.0231. The average Bonchev–Trinajstić information content (AvgIpc) is 3.16. The third-order valence-corrected chi connectivity index (χ3v) is 5.11. The summed E-state index contributed by atoms with van der Waals surface area (Å²) in [7, 11) is 1.74. The van der Waals surface area contributed by atoms with Crippen LogP contribution in [0.3, 0.4) is 0 Å². The molecule has 0 spiro atoms. The highest BCUT2D eigenvalue weighted by molar-refractivity contribution is 5.80.